The highest BCUT2D eigenvalue weighted by molar-refractivity contribution is 5.27. The van der Waals surface area contributed by atoms with E-state index in [-0.39, 0.29) is 0 Å². The molecule has 0 spiro atoms. The van der Waals surface area contributed by atoms with Crippen LogP contribution in [-0.2, 0) is 0 Å². The molecule has 1 rings (SSSR count). The van der Waals surface area contributed by atoms with Crippen LogP contribution in [0.15, 0.2) is 23.8 Å². The Balaban J connectivity index is 3.02. The van der Waals surface area contributed by atoms with Crippen molar-refractivity contribution in [2.24, 2.45) is 0 Å². The number of pyridine rings is 1. The number of aliphatic hydroxyl groups excluding tert-OH is 1. The van der Waals surface area contributed by atoms with E-state index in [1.165, 1.54) is 0 Å². The Hall–Kier alpha value is -1.15. The number of aliphatic hydroxyl groups is 1. The van der Waals surface area contributed by atoms with Crippen molar-refractivity contribution < 1.29 is 5.11 Å². The van der Waals surface area contributed by atoms with Crippen LogP contribution >= 0.6 is 0 Å². The van der Waals surface area contributed by atoms with Gasteiger partial charge in [0.05, 0.1) is 6.10 Å². The molecule has 76 valence electrons. The van der Waals surface area contributed by atoms with Gasteiger partial charge in [-0.3, -0.25) is 4.98 Å². The predicted octanol–water partition coefficient (Wildman–Crippen LogP) is 2.70. The third kappa shape index (κ3) is 2.67. The second kappa shape index (κ2) is 4.38. The Morgan fingerprint density at radius 2 is 2.00 bits per heavy atom. The maximum atomic E-state index is 9.85. The van der Waals surface area contributed by atoms with Crippen LogP contribution in [0.3, 0.4) is 0 Å². The smallest absolute Gasteiger partial charge is 0.0991 e. The highest BCUT2D eigenvalue weighted by atomic mass is 16.3. The van der Waals surface area contributed by atoms with Gasteiger partial charge >= 0.3 is 0 Å². The first-order valence-corrected chi connectivity index (χ1v) is 4.78. The summed E-state index contributed by atoms with van der Waals surface area (Å²) in [6.45, 7) is 7.81. The van der Waals surface area contributed by atoms with Crippen LogP contribution < -0.4 is 0 Å². The number of rotatable bonds is 2. The quantitative estimate of drug-likeness (QED) is 0.729. The van der Waals surface area contributed by atoms with Crippen molar-refractivity contribution in [2.45, 2.75) is 33.8 Å². The normalized spacial score (nSPS) is 12.4. The molecule has 0 radical (unpaired) electrons. The maximum Gasteiger partial charge on any atom is 0.0991 e. The van der Waals surface area contributed by atoms with Gasteiger partial charge in [-0.25, -0.2) is 0 Å². The number of hydrogen-bond donors (Lipinski definition) is 1. The number of aromatic nitrogens is 1. The standard InChI is InChI=1S/C12H17NO/c1-8(2)7-12(14)11-6-5-9(3)13-10(11)4/h5-7,12,14H,1-4H3. The van der Waals surface area contributed by atoms with Crippen LogP contribution in [0.2, 0.25) is 0 Å². The summed E-state index contributed by atoms with van der Waals surface area (Å²) >= 11 is 0. The molecule has 1 heterocycles. The van der Waals surface area contributed by atoms with E-state index < -0.39 is 6.10 Å². The molecule has 0 aliphatic carbocycles. The molecule has 0 saturated carbocycles. The molecular weight excluding hydrogens is 174 g/mol. The van der Waals surface area contributed by atoms with E-state index in [9.17, 15) is 5.11 Å². The van der Waals surface area contributed by atoms with E-state index in [0.717, 1.165) is 22.5 Å². The predicted molar refractivity (Wildman–Crippen MR) is 58.1 cm³/mol. The van der Waals surface area contributed by atoms with Gasteiger partial charge in [0, 0.05) is 17.0 Å². The molecule has 14 heavy (non-hydrogen) atoms. The topological polar surface area (TPSA) is 33.1 Å². The average molecular weight is 191 g/mol. The fraction of sp³-hybridized carbons (Fsp3) is 0.417. The second-order valence-electron chi connectivity index (χ2n) is 3.82. The molecule has 1 N–H and O–H groups in total. The minimum atomic E-state index is -0.534. The highest BCUT2D eigenvalue weighted by Crippen LogP contribution is 2.18. The average Bonchev–Trinajstić information content (AvgIpc) is 2.01. The van der Waals surface area contributed by atoms with Gasteiger partial charge in [0.1, 0.15) is 0 Å². The van der Waals surface area contributed by atoms with E-state index in [1.807, 2.05) is 45.9 Å². The summed E-state index contributed by atoms with van der Waals surface area (Å²) in [6, 6.07) is 3.85. The molecule has 0 aliphatic heterocycles. The molecule has 0 aliphatic rings. The van der Waals surface area contributed by atoms with Crippen LogP contribution in [-0.4, -0.2) is 10.1 Å². The van der Waals surface area contributed by atoms with Gasteiger partial charge in [-0.2, -0.15) is 0 Å². The number of nitrogens with zero attached hydrogens (tertiary/aromatic N) is 1. The summed E-state index contributed by atoms with van der Waals surface area (Å²) in [5.74, 6) is 0. The first-order valence-electron chi connectivity index (χ1n) is 4.78. The lowest BCUT2D eigenvalue weighted by molar-refractivity contribution is 0.226. The summed E-state index contributed by atoms with van der Waals surface area (Å²) in [7, 11) is 0. The third-order valence-corrected chi connectivity index (χ3v) is 2.08. The summed E-state index contributed by atoms with van der Waals surface area (Å²) < 4.78 is 0. The second-order valence-corrected chi connectivity index (χ2v) is 3.82. The minimum absolute atomic E-state index is 0.534. The first-order chi connectivity index (χ1) is 6.50. The zero-order valence-corrected chi connectivity index (χ0v) is 9.20. The summed E-state index contributed by atoms with van der Waals surface area (Å²) in [5.41, 5.74) is 3.87. The molecule has 2 nitrogen and oxygen atoms in total. The first kappa shape index (κ1) is 10.9. The molecule has 0 aromatic carbocycles. The van der Waals surface area contributed by atoms with Crippen molar-refractivity contribution in [3.05, 3.63) is 40.7 Å². The number of hydrogen-bond acceptors (Lipinski definition) is 2. The Morgan fingerprint density at radius 1 is 1.36 bits per heavy atom. The molecule has 1 aromatic heterocycles. The van der Waals surface area contributed by atoms with Gasteiger partial charge in [0.2, 0.25) is 0 Å². The van der Waals surface area contributed by atoms with E-state index in [2.05, 4.69) is 4.98 Å². The SMILES string of the molecule is CC(C)=CC(O)c1ccc(C)nc1C. The molecule has 0 amide bonds. The van der Waals surface area contributed by atoms with Crippen molar-refractivity contribution in [3.8, 4) is 0 Å². The van der Waals surface area contributed by atoms with Crippen LogP contribution in [0.1, 0.15) is 36.9 Å². The van der Waals surface area contributed by atoms with Crippen molar-refractivity contribution in [2.75, 3.05) is 0 Å². The van der Waals surface area contributed by atoms with Crippen molar-refractivity contribution >= 4 is 0 Å². The van der Waals surface area contributed by atoms with Gasteiger partial charge in [-0.1, -0.05) is 17.7 Å². The van der Waals surface area contributed by atoms with Crippen LogP contribution in [0.5, 0.6) is 0 Å². The van der Waals surface area contributed by atoms with Gasteiger partial charge in [0.15, 0.2) is 0 Å². The van der Waals surface area contributed by atoms with Crippen LogP contribution in [0, 0.1) is 13.8 Å². The lowest BCUT2D eigenvalue weighted by atomic mass is 10.1. The van der Waals surface area contributed by atoms with Crippen molar-refractivity contribution in [3.63, 3.8) is 0 Å². The molecular formula is C12H17NO. The third-order valence-electron chi connectivity index (χ3n) is 2.08. The number of allylic oxidation sites excluding steroid dienone is 1. The fourth-order valence-corrected chi connectivity index (χ4v) is 1.42. The Kier molecular flexibility index (Phi) is 3.42. The maximum absolute atomic E-state index is 9.85. The molecule has 0 fully saturated rings. The van der Waals surface area contributed by atoms with Gasteiger partial charge < -0.3 is 5.11 Å². The largest absolute Gasteiger partial charge is 0.384 e. The minimum Gasteiger partial charge on any atom is -0.384 e. The van der Waals surface area contributed by atoms with Gasteiger partial charge in [0.25, 0.3) is 0 Å². The highest BCUT2D eigenvalue weighted by Gasteiger charge is 2.07. The van der Waals surface area contributed by atoms with E-state index >= 15 is 0 Å². The van der Waals surface area contributed by atoms with Gasteiger partial charge in [-0.15, -0.1) is 0 Å². The zero-order chi connectivity index (χ0) is 10.7. The van der Waals surface area contributed by atoms with E-state index in [0.29, 0.717) is 0 Å². The lowest BCUT2D eigenvalue weighted by Gasteiger charge is -2.10. The Morgan fingerprint density at radius 3 is 2.50 bits per heavy atom. The Labute approximate surface area is 85.3 Å². The van der Waals surface area contributed by atoms with E-state index in [4.69, 9.17) is 0 Å². The summed E-state index contributed by atoms with van der Waals surface area (Å²) in [6.07, 6.45) is 1.30. The number of aryl methyl sites for hydroxylation is 2. The van der Waals surface area contributed by atoms with Crippen molar-refractivity contribution in [1.29, 1.82) is 0 Å². The molecule has 0 bridgehead atoms. The van der Waals surface area contributed by atoms with Crippen molar-refractivity contribution in [1.82, 2.24) is 4.98 Å². The monoisotopic (exact) mass is 191 g/mol. The lowest BCUT2D eigenvalue weighted by Crippen LogP contribution is -2.00. The van der Waals surface area contributed by atoms with Crippen LogP contribution in [0.4, 0.5) is 0 Å². The fourth-order valence-electron chi connectivity index (χ4n) is 1.42. The summed E-state index contributed by atoms with van der Waals surface area (Å²) in [5, 5.41) is 9.85. The summed E-state index contributed by atoms with van der Waals surface area (Å²) in [4.78, 5) is 4.31. The zero-order valence-electron chi connectivity index (χ0n) is 9.20. The van der Waals surface area contributed by atoms with Crippen LogP contribution in [0.25, 0.3) is 0 Å². The van der Waals surface area contributed by atoms with Gasteiger partial charge in [-0.05, 0) is 33.8 Å². The molecule has 1 aromatic rings. The molecule has 2 heteroatoms. The molecule has 1 atom stereocenters. The van der Waals surface area contributed by atoms with E-state index in [1.54, 1.807) is 0 Å². The molecule has 0 saturated heterocycles. The molecule has 1 unspecified atom stereocenters. The Bertz CT molecular complexity index is 351.